The minimum atomic E-state index is -1.16. The molecule has 0 radical (unpaired) electrons. The highest BCUT2D eigenvalue weighted by molar-refractivity contribution is 5.97. The van der Waals surface area contributed by atoms with Gasteiger partial charge in [-0.15, -0.1) is 0 Å². The van der Waals surface area contributed by atoms with Crippen molar-refractivity contribution in [3.63, 3.8) is 0 Å². The SMILES string of the molecule is CO[C@H]1CCC(=O)C(C[C@H]2C([C@H](C)CC[C@H](O)C(C)(C)O)=CC[C@]2(C)O)=C1O. The molecule has 0 unspecified atom stereocenters. The van der Waals surface area contributed by atoms with Gasteiger partial charge in [0.2, 0.25) is 0 Å². The number of hydrogen-bond donors (Lipinski definition) is 4. The number of ether oxygens (including phenoxy) is 1. The summed E-state index contributed by atoms with van der Waals surface area (Å²) in [6.45, 7) is 6.96. The number of rotatable bonds is 8. The van der Waals surface area contributed by atoms with Gasteiger partial charge in [0, 0.05) is 25.0 Å². The summed E-state index contributed by atoms with van der Waals surface area (Å²) in [5.74, 6) is -0.294. The quantitative estimate of drug-likeness (QED) is 0.470. The summed E-state index contributed by atoms with van der Waals surface area (Å²) < 4.78 is 5.28. The zero-order valence-corrected chi connectivity index (χ0v) is 17.7. The van der Waals surface area contributed by atoms with Crippen LogP contribution in [-0.4, -0.2) is 56.7 Å². The maximum Gasteiger partial charge on any atom is 0.162 e. The lowest BCUT2D eigenvalue weighted by Crippen LogP contribution is -2.37. The van der Waals surface area contributed by atoms with E-state index in [4.69, 9.17) is 4.74 Å². The predicted octanol–water partition coefficient (Wildman–Crippen LogP) is 2.81. The molecule has 160 valence electrons. The molecule has 0 fully saturated rings. The number of ketones is 1. The molecule has 0 saturated heterocycles. The van der Waals surface area contributed by atoms with Crippen molar-refractivity contribution in [3.8, 4) is 0 Å². The monoisotopic (exact) mass is 396 g/mol. The Hall–Kier alpha value is -1.21. The Morgan fingerprint density at radius 2 is 2.00 bits per heavy atom. The molecule has 0 spiro atoms. The number of methoxy groups -OCH3 is 1. The summed E-state index contributed by atoms with van der Waals surface area (Å²) in [6, 6.07) is 0. The Morgan fingerprint density at radius 1 is 1.36 bits per heavy atom. The first kappa shape index (κ1) is 23.1. The van der Waals surface area contributed by atoms with Crippen molar-refractivity contribution in [2.24, 2.45) is 11.8 Å². The molecule has 6 nitrogen and oxygen atoms in total. The first-order valence-electron chi connectivity index (χ1n) is 10.2. The van der Waals surface area contributed by atoms with Gasteiger partial charge in [-0.3, -0.25) is 4.79 Å². The summed E-state index contributed by atoms with van der Waals surface area (Å²) in [6.07, 6.45) is 3.39. The second kappa shape index (κ2) is 8.66. The largest absolute Gasteiger partial charge is 0.509 e. The van der Waals surface area contributed by atoms with Crippen molar-refractivity contribution in [2.75, 3.05) is 7.11 Å². The van der Waals surface area contributed by atoms with E-state index in [0.717, 1.165) is 5.57 Å². The second-order valence-corrected chi connectivity index (χ2v) is 9.22. The molecule has 0 aromatic heterocycles. The topological polar surface area (TPSA) is 107 Å². The van der Waals surface area contributed by atoms with Crippen LogP contribution in [0.2, 0.25) is 0 Å². The molecular weight excluding hydrogens is 360 g/mol. The number of carbonyl (C=O) groups is 1. The van der Waals surface area contributed by atoms with E-state index in [1.165, 1.54) is 7.11 Å². The summed E-state index contributed by atoms with van der Waals surface area (Å²) >= 11 is 0. The van der Waals surface area contributed by atoms with Gasteiger partial charge in [-0.2, -0.15) is 0 Å². The molecule has 0 amide bonds. The number of allylic oxidation sites excluding steroid dienone is 1. The van der Waals surface area contributed by atoms with Crippen LogP contribution in [0.4, 0.5) is 0 Å². The molecule has 0 aromatic rings. The highest BCUT2D eigenvalue weighted by atomic mass is 16.5. The highest BCUT2D eigenvalue weighted by Crippen LogP contribution is 2.45. The Labute approximate surface area is 167 Å². The van der Waals surface area contributed by atoms with E-state index in [2.05, 4.69) is 0 Å². The predicted molar refractivity (Wildman–Crippen MR) is 107 cm³/mol. The molecule has 2 rings (SSSR count). The van der Waals surface area contributed by atoms with Gasteiger partial charge in [0.25, 0.3) is 0 Å². The standard InChI is InChI=1S/C22H36O6/c1-13(6-9-19(24)21(2,3)26)14-10-11-22(4,27)16(14)12-15-17(23)7-8-18(28-5)20(15)25/h10,13,16,18-19,24-27H,6-9,11-12H2,1-5H3/t13-,16+,18+,19+,22+/m1/s1. The third-order valence-electron chi connectivity index (χ3n) is 6.44. The van der Waals surface area contributed by atoms with E-state index in [0.29, 0.717) is 37.7 Å². The Morgan fingerprint density at radius 3 is 2.57 bits per heavy atom. The van der Waals surface area contributed by atoms with Crippen LogP contribution in [-0.2, 0) is 9.53 Å². The van der Waals surface area contributed by atoms with Crippen molar-refractivity contribution in [1.82, 2.24) is 0 Å². The number of Topliss-reactive ketones (excluding diaryl/α,β-unsaturated/α-hetero) is 1. The van der Waals surface area contributed by atoms with Crippen LogP contribution in [0.15, 0.2) is 23.0 Å². The van der Waals surface area contributed by atoms with Crippen molar-refractivity contribution < 1.29 is 30.0 Å². The lowest BCUT2D eigenvalue weighted by molar-refractivity contribution is -0.118. The lowest BCUT2D eigenvalue weighted by atomic mass is 9.75. The fourth-order valence-corrected chi connectivity index (χ4v) is 4.32. The smallest absolute Gasteiger partial charge is 0.162 e. The molecule has 0 heterocycles. The van der Waals surface area contributed by atoms with Gasteiger partial charge in [-0.25, -0.2) is 0 Å². The first-order chi connectivity index (χ1) is 12.9. The molecule has 0 bridgehead atoms. The van der Waals surface area contributed by atoms with Crippen LogP contribution >= 0.6 is 0 Å². The van der Waals surface area contributed by atoms with E-state index in [-0.39, 0.29) is 29.8 Å². The van der Waals surface area contributed by atoms with Crippen molar-refractivity contribution in [2.45, 2.75) is 89.6 Å². The zero-order chi connectivity index (χ0) is 21.3. The third-order valence-corrected chi connectivity index (χ3v) is 6.44. The van der Waals surface area contributed by atoms with Gasteiger partial charge in [-0.05, 0) is 58.8 Å². The molecule has 28 heavy (non-hydrogen) atoms. The third kappa shape index (κ3) is 5.03. The first-order valence-corrected chi connectivity index (χ1v) is 10.2. The minimum absolute atomic E-state index is 0.00842. The van der Waals surface area contributed by atoms with E-state index >= 15 is 0 Å². The molecule has 0 saturated carbocycles. The van der Waals surface area contributed by atoms with E-state index in [1.807, 2.05) is 13.0 Å². The summed E-state index contributed by atoms with van der Waals surface area (Å²) in [4.78, 5) is 12.4. The van der Waals surface area contributed by atoms with E-state index in [9.17, 15) is 25.2 Å². The average molecular weight is 397 g/mol. The van der Waals surface area contributed by atoms with Gasteiger partial charge in [0.1, 0.15) is 11.9 Å². The Kier molecular flexibility index (Phi) is 7.13. The van der Waals surface area contributed by atoms with Crippen LogP contribution in [0, 0.1) is 11.8 Å². The van der Waals surface area contributed by atoms with Gasteiger partial charge >= 0.3 is 0 Å². The van der Waals surface area contributed by atoms with Crippen molar-refractivity contribution in [3.05, 3.63) is 23.0 Å². The van der Waals surface area contributed by atoms with Gasteiger partial charge < -0.3 is 25.2 Å². The number of aliphatic hydroxyl groups excluding tert-OH is 2. The molecule has 6 heteroatoms. The highest BCUT2D eigenvalue weighted by Gasteiger charge is 2.42. The van der Waals surface area contributed by atoms with Crippen LogP contribution in [0.1, 0.15) is 66.2 Å². The summed E-state index contributed by atoms with van der Waals surface area (Å²) in [7, 11) is 1.52. The fraction of sp³-hybridized carbons (Fsp3) is 0.773. The summed E-state index contributed by atoms with van der Waals surface area (Å²) in [5, 5.41) is 41.5. The van der Waals surface area contributed by atoms with Crippen LogP contribution < -0.4 is 0 Å². The van der Waals surface area contributed by atoms with E-state index in [1.54, 1.807) is 20.8 Å². The Bertz CT molecular complexity index is 640. The van der Waals surface area contributed by atoms with Gasteiger partial charge in [0.15, 0.2) is 5.78 Å². The maximum atomic E-state index is 12.4. The fourth-order valence-electron chi connectivity index (χ4n) is 4.32. The summed E-state index contributed by atoms with van der Waals surface area (Å²) in [5.41, 5.74) is -0.749. The molecule has 4 N–H and O–H groups in total. The molecule has 0 aromatic carbocycles. The number of carbonyl (C=O) groups excluding carboxylic acids is 1. The van der Waals surface area contributed by atoms with Crippen LogP contribution in [0.5, 0.6) is 0 Å². The maximum absolute atomic E-state index is 12.4. The molecular formula is C22H36O6. The molecule has 2 aliphatic carbocycles. The van der Waals surface area contributed by atoms with Gasteiger partial charge in [0.05, 0.1) is 17.3 Å². The van der Waals surface area contributed by atoms with Crippen LogP contribution in [0.3, 0.4) is 0 Å². The second-order valence-electron chi connectivity index (χ2n) is 9.22. The van der Waals surface area contributed by atoms with Crippen molar-refractivity contribution >= 4 is 5.78 Å². The average Bonchev–Trinajstić information content (AvgIpc) is 2.90. The minimum Gasteiger partial charge on any atom is -0.509 e. The van der Waals surface area contributed by atoms with Crippen molar-refractivity contribution in [1.29, 1.82) is 0 Å². The Balaban J connectivity index is 2.17. The molecule has 2 aliphatic rings. The molecule has 5 atom stereocenters. The normalized spacial score (nSPS) is 31.1. The molecule has 0 aliphatic heterocycles. The van der Waals surface area contributed by atoms with E-state index < -0.39 is 23.4 Å². The lowest BCUT2D eigenvalue weighted by Gasteiger charge is -2.33. The number of aliphatic hydroxyl groups is 4. The van der Waals surface area contributed by atoms with Crippen LogP contribution in [0.25, 0.3) is 0 Å². The zero-order valence-electron chi connectivity index (χ0n) is 17.7. The van der Waals surface area contributed by atoms with Gasteiger partial charge in [-0.1, -0.05) is 18.6 Å². The number of hydrogen-bond acceptors (Lipinski definition) is 6.